The molecule has 12 heteroatoms. The summed E-state index contributed by atoms with van der Waals surface area (Å²) in [5, 5.41) is 16.7. The van der Waals surface area contributed by atoms with Crippen LogP contribution in [0, 0.1) is 17.2 Å². The lowest BCUT2D eigenvalue weighted by molar-refractivity contribution is -0.127. The van der Waals surface area contributed by atoms with E-state index in [0.29, 0.717) is 55.6 Å². The third-order valence-corrected chi connectivity index (χ3v) is 7.23. The minimum Gasteiger partial charge on any atom is -0.371 e. The Kier molecular flexibility index (Phi) is 10.6. The summed E-state index contributed by atoms with van der Waals surface area (Å²) in [5.41, 5.74) is 3.98. The maximum atomic E-state index is 12.3. The number of allylic oxidation sites excluding steroid dienone is 4. The molecule has 1 aromatic heterocycles. The fourth-order valence-corrected chi connectivity index (χ4v) is 4.78. The van der Waals surface area contributed by atoms with Gasteiger partial charge in [0.15, 0.2) is 0 Å². The van der Waals surface area contributed by atoms with E-state index in [9.17, 15) is 18.8 Å². The number of carbonyl (C=O) groups excluding carboxylic acids is 3. The number of alkyl halides is 1. The zero-order chi connectivity index (χ0) is 29.0. The van der Waals surface area contributed by atoms with E-state index in [-0.39, 0.29) is 35.9 Å². The van der Waals surface area contributed by atoms with Crippen molar-refractivity contribution >= 4 is 51.6 Å². The van der Waals surface area contributed by atoms with Crippen LogP contribution in [-0.4, -0.2) is 59.1 Å². The standard InChI is InChI=1S/C29H30FN7O3S/c30-19-41-26(38)18-34-28(40)22-11-16-37(17-12-22)24-8-6-23(7-9-24)35-29-33-14-10-25(36-29)20-2-1-3-21(5-4-20)27(39)32-15-13-31/h1,3-10,14,22H,2,11-12,15-19H2,(H,32,39)(H,34,40)(H,33,35,36). The molecule has 1 saturated heterocycles. The minimum absolute atomic E-state index is 0.0481. The van der Waals surface area contributed by atoms with Crippen molar-refractivity contribution in [2.24, 2.45) is 5.92 Å². The van der Waals surface area contributed by atoms with Crippen molar-refractivity contribution < 1.29 is 18.8 Å². The first-order chi connectivity index (χ1) is 20.0. The number of hydrogen-bond acceptors (Lipinski definition) is 9. The van der Waals surface area contributed by atoms with Crippen molar-refractivity contribution in [3.05, 3.63) is 72.1 Å². The van der Waals surface area contributed by atoms with E-state index in [2.05, 4.69) is 30.8 Å². The van der Waals surface area contributed by atoms with Crippen LogP contribution < -0.4 is 20.9 Å². The highest BCUT2D eigenvalue weighted by Gasteiger charge is 2.25. The number of anilines is 3. The number of halogens is 1. The first-order valence-corrected chi connectivity index (χ1v) is 14.1. The highest BCUT2D eigenvalue weighted by atomic mass is 32.2. The summed E-state index contributed by atoms with van der Waals surface area (Å²) >= 11 is 0.562. The van der Waals surface area contributed by atoms with Crippen LogP contribution in [0.2, 0.25) is 0 Å². The van der Waals surface area contributed by atoms with Gasteiger partial charge in [-0.1, -0.05) is 30.0 Å². The zero-order valence-electron chi connectivity index (χ0n) is 22.3. The van der Waals surface area contributed by atoms with E-state index in [4.69, 9.17) is 5.26 Å². The number of benzene rings is 1. The summed E-state index contributed by atoms with van der Waals surface area (Å²) < 4.78 is 12.2. The van der Waals surface area contributed by atoms with Crippen LogP contribution in [0.5, 0.6) is 0 Å². The second-order valence-electron chi connectivity index (χ2n) is 9.30. The van der Waals surface area contributed by atoms with Crippen LogP contribution in [0.25, 0.3) is 5.57 Å². The highest BCUT2D eigenvalue weighted by Crippen LogP contribution is 2.26. The number of nitrogens with zero attached hydrogens (tertiary/aromatic N) is 4. The second-order valence-corrected chi connectivity index (χ2v) is 10.3. The lowest BCUT2D eigenvalue weighted by Gasteiger charge is -2.33. The molecule has 4 rings (SSSR count). The molecule has 41 heavy (non-hydrogen) atoms. The summed E-state index contributed by atoms with van der Waals surface area (Å²) in [6.07, 6.45) is 10.8. The Morgan fingerprint density at radius 2 is 1.88 bits per heavy atom. The van der Waals surface area contributed by atoms with Gasteiger partial charge >= 0.3 is 0 Å². The second kappa shape index (κ2) is 14.8. The number of thioether (sulfide) groups is 1. The van der Waals surface area contributed by atoms with E-state index < -0.39 is 6.01 Å². The number of amides is 2. The van der Waals surface area contributed by atoms with Crippen LogP contribution in [-0.2, 0) is 14.4 Å². The molecule has 0 saturated carbocycles. The lowest BCUT2D eigenvalue weighted by atomic mass is 9.95. The number of nitriles is 1. The van der Waals surface area contributed by atoms with Gasteiger partial charge in [-0.25, -0.2) is 14.4 Å². The smallest absolute Gasteiger partial charge is 0.252 e. The molecule has 2 aromatic rings. The molecule has 0 atom stereocenters. The van der Waals surface area contributed by atoms with E-state index in [0.717, 1.165) is 22.6 Å². The molecule has 0 unspecified atom stereocenters. The van der Waals surface area contributed by atoms with Crippen LogP contribution in [0.4, 0.5) is 21.7 Å². The monoisotopic (exact) mass is 575 g/mol. The van der Waals surface area contributed by atoms with Crippen molar-refractivity contribution in [2.75, 3.05) is 42.4 Å². The molecule has 1 fully saturated rings. The van der Waals surface area contributed by atoms with Gasteiger partial charge in [-0.3, -0.25) is 14.4 Å². The summed E-state index contributed by atoms with van der Waals surface area (Å²) in [7, 11) is 0. The van der Waals surface area contributed by atoms with Crippen LogP contribution in [0.15, 0.2) is 66.4 Å². The third kappa shape index (κ3) is 8.49. The maximum Gasteiger partial charge on any atom is 0.252 e. The number of carbonyl (C=O) groups is 3. The Balaban J connectivity index is 1.31. The Labute approximate surface area is 241 Å². The summed E-state index contributed by atoms with van der Waals surface area (Å²) in [4.78, 5) is 47.1. The van der Waals surface area contributed by atoms with Gasteiger partial charge in [0.25, 0.3) is 5.91 Å². The quantitative estimate of drug-likeness (QED) is 0.362. The Bertz CT molecular complexity index is 1390. The van der Waals surface area contributed by atoms with Crippen LogP contribution in [0.3, 0.4) is 0 Å². The van der Waals surface area contributed by atoms with Crippen molar-refractivity contribution in [3.63, 3.8) is 0 Å². The fourth-order valence-electron chi connectivity index (χ4n) is 4.49. The van der Waals surface area contributed by atoms with Gasteiger partial charge in [-0.2, -0.15) is 5.26 Å². The number of rotatable bonds is 10. The number of piperidine rings is 1. The Morgan fingerprint density at radius 1 is 1.10 bits per heavy atom. The zero-order valence-corrected chi connectivity index (χ0v) is 23.1. The molecule has 1 aromatic carbocycles. The molecule has 3 N–H and O–H groups in total. The summed E-state index contributed by atoms with van der Waals surface area (Å²) in [6.45, 7) is 1.23. The molecule has 212 valence electrons. The van der Waals surface area contributed by atoms with Gasteiger partial charge in [-0.15, -0.1) is 0 Å². The molecule has 1 aliphatic heterocycles. The number of nitrogens with one attached hydrogen (secondary N) is 3. The maximum absolute atomic E-state index is 12.3. The lowest BCUT2D eigenvalue weighted by Crippen LogP contribution is -2.41. The van der Waals surface area contributed by atoms with Gasteiger partial charge in [0.05, 0.1) is 18.3 Å². The van der Waals surface area contributed by atoms with Crippen molar-refractivity contribution in [1.82, 2.24) is 20.6 Å². The largest absolute Gasteiger partial charge is 0.371 e. The first kappa shape index (κ1) is 29.5. The molecule has 2 amide bonds. The minimum atomic E-state index is -0.788. The van der Waals surface area contributed by atoms with Crippen molar-refractivity contribution in [3.8, 4) is 6.07 Å². The molecule has 0 spiro atoms. The van der Waals surface area contributed by atoms with Crippen molar-refractivity contribution in [2.45, 2.75) is 19.3 Å². The van der Waals surface area contributed by atoms with Crippen molar-refractivity contribution in [1.29, 1.82) is 5.26 Å². The number of hydrogen-bond donors (Lipinski definition) is 3. The molecule has 0 radical (unpaired) electrons. The van der Waals surface area contributed by atoms with E-state index in [1.807, 2.05) is 48.6 Å². The predicted octanol–water partition coefficient (Wildman–Crippen LogP) is 3.65. The molecular weight excluding hydrogens is 545 g/mol. The average molecular weight is 576 g/mol. The highest BCUT2D eigenvalue weighted by molar-refractivity contribution is 8.13. The van der Waals surface area contributed by atoms with Gasteiger partial charge in [0.2, 0.25) is 17.0 Å². The number of aromatic nitrogens is 2. The van der Waals surface area contributed by atoms with Crippen LogP contribution >= 0.6 is 11.8 Å². The van der Waals surface area contributed by atoms with Gasteiger partial charge in [0.1, 0.15) is 12.6 Å². The Morgan fingerprint density at radius 3 is 2.61 bits per heavy atom. The SMILES string of the molecule is N#CCNC(=O)C1=CC=C(c2ccnc(Nc3ccc(N4CCC(C(=O)NCC(=O)SCF)CC4)cc3)n2)CC=C1. The fraction of sp³-hybridized carbons (Fsp3) is 0.310. The average Bonchev–Trinajstić information content (AvgIpc) is 3.26. The normalized spacial score (nSPS) is 15.2. The van der Waals surface area contributed by atoms with Gasteiger partial charge < -0.3 is 20.9 Å². The molecule has 1 aliphatic carbocycles. The topological polar surface area (TPSA) is 140 Å². The third-order valence-electron chi connectivity index (χ3n) is 6.65. The molecule has 2 heterocycles. The summed E-state index contributed by atoms with van der Waals surface area (Å²) in [6, 6.07) is 10.8. The summed E-state index contributed by atoms with van der Waals surface area (Å²) in [5.74, 6) is -0.188. The predicted molar refractivity (Wildman–Crippen MR) is 157 cm³/mol. The van der Waals surface area contributed by atoms with Gasteiger partial charge in [0, 0.05) is 42.2 Å². The van der Waals surface area contributed by atoms with Gasteiger partial charge in [-0.05, 0) is 61.2 Å². The molecular formula is C29H30FN7O3S. The first-order valence-electron chi connectivity index (χ1n) is 13.1. The molecule has 10 nitrogen and oxygen atoms in total. The molecule has 0 bridgehead atoms. The van der Waals surface area contributed by atoms with E-state index in [1.165, 1.54) is 0 Å². The van der Waals surface area contributed by atoms with E-state index in [1.54, 1.807) is 18.3 Å². The van der Waals surface area contributed by atoms with Crippen LogP contribution in [0.1, 0.15) is 25.0 Å². The Hall–Kier alpha value is -4.50. The van der Waals surface area contributed by atoms with E-state index >= 15 is 0 Å². The molecule has 2 aliphatic rings.